The van der Waals surface area contributed by atoms with Gasteiger partial charge in [0.1, 0.15) is 5.69 Å². The molecule has 2 aromatic heterocycles. The van der Waals surface area contributed by atoms with E-state index in [2.05, 4.69) is 15.3 Å². The maximum absolute atomic E-state index is 10.5. The number of carbonyl (C=O) groups excluding carboxylic acids is 1. The Morgan fingerprint density at radius 2 is 2.31 bits per heavy atom. The van der Waals surface area contributed by atoms with Crippen molar-refractivity contribution in [1.29, 1.82) is 0 Å². The predicted octanol–water partition coefficient (Wildman–Crippen LogP) is 1.69. The Labute approximate surface area is 94.4 Å². The number of nitrogens with zero attached hydrogens (tertiary/aromatic N) is 4. The van der Waals surface area contributed by atoms with Crippen LogP contribution in [0.25, 0.3) is 15.9 Å². The first-order valence-corrected chi connectivity index (χ1v) is 5.46. The number of hydrogen-bond acceptors (Lipinski definition) is 5. The third kappa shape index (κ3) is 1.40. The topological polar surface area (TPSA) is 60.7 Å². The van der Waals surface area contributed by atoms with Gasteiger partial charge in [-0.15, -0.1) is 16.4 Å². The predicted molar refractivity (Wildman–Crippen MR) is 59.9 cm³/mol. The van der Waals surface area contributed by atoms with Gasteiger partial charge in [-0.05, 0) is 18.2 Å². The summed E-state index contributed by atoms with van der Waals surface area (Å²) in [6.07, 6.45) is 2.27. The van der Waals surface area contributed by atoms with Crippen molar-refractivity contribution in [3.05, 3.63) is 35.6 Å². The highest BCUT2D eigenvalue weighted by atomic mass is 32.1. The number of rotatable bonds is 2. The molecule has 0 saturated heterocycles. The fraction of sp³-hybridized carbons (Fsp3) is 0. The van der Waals surface area contributed by atoms with E-state index in [0.717, 1.165) is 15.9 Å². The second kappa shape index (κ2) is 3.49. The van der Waals surface area contributed by atoms with Crippen LogP contribution >= 0.6 is 11.3 Å². The average molecular weight is 230 g/mol. The van der Waals surface area contributed by atoms with Crippen molar-refractivity contribution in [2.45, 2.75) is 0 Å². The molecule has 0 unspecified atom stereocenters. The first kappa shape index (κ1) is 9.17. The minimum absolute atomic E-state index is 0.324. The van der Waals surface area contributed by atoms with E-state index >= 15 is 0 Å². The molecular formula is C10H6N4OS. The number of thiazole rings is 1. The summed E-state index contributed by atoms with van der Waals surface area (Å²) in [5.74, 6) is 0. The van der Waals surface area contributed by atoms with Gasteiger partial charge in [0.05, 0.1) is 27.6 Å². The average Bonchev–Trinajstić information content (AvgIpc) is 2.96. The molecule has 0 radical (unpaired) electrons. The van der Waals surface area contributed by atoms with E-state index in [1.807, 2.05) is 18.2 Å². The van der Waals surface area contributed by atoms with E-state index in [9.17, 15) is 4.79 Å². The Morgan fingerprint density at radius 3 is 3.12 bits per heavy atom. The highest BCUT2D eigenvalue weighted by molar-refractivity contribution is 7.16. The van der Waals surface area contributed by atoms with Crippen molar-refractivity contribution in [2.75, 3.05) is 0 Å². The van der Waals surface area contributed by atoms with Gasteiger partial charge in [0.2, 0.25) is 0 Å². The summed E-state index contributed by atoms with van der Waals surface area (Å²) < 4.78 is 2.66. The summed E-state index contributed by atoms with van der Waals surface area (Å²) in [6, 6.07) is 5.78. The minimum atomic E-state index is 0.324. The van der Waals surface area contributed by atoms with Gasteiger partial charge in [0, 0.05) is 0 Å². The zero-order chi connectivity index (χ0) is 11.0. The second-order valence-electron chi connectivity index (χ2n) is 3.21. The summed E-state index contributed by atoms with van der Waals surface area (Å²) in [5.41, 5.74) is 3.96. The van der Waals surface area contributed by atoms with Crippen LogP contribution in [0, 0.1) is 0 Å². The second-order valence-corrected chi connectivity index (χ2v) is 4.10. The van der Waals surface area contributed by atoms with Crippen LogP contribution < -0.4 is 0 Å². The Hall–Kier alpha value is -2.08. The van der Waals surface area contributed by atoms with Gasteiger partial charge in [0.25, 0.3) is 0 Å². The third-order valence-electron chi connectivity index (χ3n) is 2.21. The number of hydrogen-bond donors (Lipinski definition) is 0. The quantitative estimate of drug-likeness (QED) is 0.628. The molecule has 0 fully saturated rings. The molecule has 1 aromatic carbocycles. The van der Waals surface area contributed by atoms with Crippen molar-refractivity contribution in [3.8, 4) is 5.69 Å². The Kier molecular flexibility index (Phi) is 2.00. The van der Waals surface area contributed by atoms with E-state index in [1.54, 1.807) is 27.7 Å². The van der Waals surface area contributed by atoms with Gasteiger partial charge in [-0.2, -0.15) is 0 Å². The number of aromatic nitrogens is 4. The largest absolute Gasteiger partial charge is 0.296 e. The van der Waals surface area contributed by atoms with Crippen LogP contribution in [0.2, 0.25) is 0 Å². The first-order chi connectivity index (χ1) is 7.86. The molecule has 0 amide bonds. The lowest BCUT2D eigenvalue weighted by molar-refractivity contribution is 0.111. The monoisotopic (exact) mass is 230 g/mol. The molecule has 5 nitrogen and oxygen atoms in total. The molecule has 0 saturated carbocycles. The Bertz CT molecular complexity index is 657. The van der Waals surface area contributed by atoms with Gasteiger partial charge in [-0.3, -0.25) is 4.79 Å². The van der Waals surface area contributed by atoms with Gasteiger partial charge in [-0.25, -0.2) is 9.67 Å². The van der Waals surface area contributed by atoms with Crippen LogP contribution in [-0.4, -0.2) is 26.3 Å². The zero-order valence-electron chi connectivity index (χ0n) is 8.07. The molecule has 0 atom stereocenters. The lowest BCUT2D eigenvalue weighted by atomic mass is 10.3. The van der Waals surface area contributed by atoms with Crippen molar-refractivity contribution in [3.63, 3.8) is 0 Å². The van der Waals surface area contributed by atoms with Crippen LogP contribution in [-0.2, 0) is 0 Å². The van der Waals surface area contributed by atoms with Gasteiger partial charge < -0.3 is 0 Å². The summed E-state index contributed by atoms with van der Waals surface area (Å²) in [7, 11) is 0. The number of carbonyl (C=O) groups is 1. The fourth-order valence-electron chi connectivity index (χ4n) is 1.44. The van der Waals surface area contributed by atoms with E-state index < -0.39 is 0 Å². The minimum Gasteiger partial charge on any atom is -0.296 e. The Morgan fingerprint density at radius 1 is 1.38 bits per heavy atom. The molecule has 0 N–H and O–H groups in total. The van der Waals surface area contributed by atoms with E-state index in [1.165, 1.54) is 0 Å². The molecule has 6 heteroatoms. The third-order valence-corrected chi connectivity index (χ3v) is 3.00. The highest BCUT2D eigenvalue weighted by Gasteiger charge is 2.03. The van der Waals surface area contributed by atoms with E-state index in [4.69, 9.17) is 0 Å². The summed E-state index contributed by atoms with van der Waals surface area (Å²) in [6.45, 7) is 0. The molecule has 3 rings (SSSR count). The molecule has 0 spiro atoms. The van der Waals surface area contributed by atoms with Crippen molar-refractivity contribution in [2.24, 2.45) is 0 Å². The van der Waals surface area contributed by atoms with Crippen molar-refractivity contribution in [1.82, 2.24) is 20.0 Å². The smallest absolute Gasteiger partial charge is 0.171 e. The lowest BCUT2D eigenvalue weighted by Crippen LogP contribution is -1.93. The summed E-state index contributed by atoms with van der Waals surface area (Å²) in [4.78, 5) is 14.7. The zero-order valence-corrected chi connectivity index (χ0v) is 8.89. The molecule has 78 valence electrons. The maximum Gasteiger partial charge on any atom is 0.171 e. The van der Waals surface area contributed by atoms with Crippen molar-refractivity contribution < 1.29 is 4.79 Å². The van der Waals surface area contributed by atoms with Crippen LogP contribution in [0.15, 0.2) is 29.9 Å². The normalized spacial score (nSPS) is 10.8. The van der Waals surface area contributed by atoms with Crippen molar-refractivity contribution >= 4 is 27.8 Å². The van der Waals surface area contributed by atoms with Crippen LogP contribution in [0.3, 0.4) is 0 Å². The van der Waals surface area contributed by atoms with Crippen LogP contribution in [0.5, 0.6) is 0 Å². The van der Waals surface area contributed by atoms with Gasteiger partial charge in [-0.1, -0.05) is 5.21 Å². The molecule has 3 aromatic rings. The van der Waals surface area contributed by atoms with E-state index in [0.29, 0.717) is 12.0 Å². The maximum atomic E-state index is 10.5. The summed E-state index contributed by atoms with van der Waals surface area (Å²) >= 11 is 1.57. The van der Waals surface area contributed by atoms with E-state index in [-0.39, 0.29) is 0 Å². The van der Waals surface area contributed by atoms with Gasteiger partial charge >= 0.3 is 0 Å². The molecule has 2 heterocycles. The number of aldehydes is 1. The SMILES string of the molecule is O=Cc1cn(-c2ccc3ncsc3c2)nn1. The lowest BCUT2D eigenvalue weighted by Gasteiger charge is -1.98. The molecule has 0 aliphatic heterocycles. The van der Waals surface area contributed by atoms with Crippen LogP contribution in [0.1, 0.15) is 10.5 Å². The first-order valence-electron chi connectivity index (χ1n) is 4.58. The molecule has 0 bridgehead atoms. The fourth-order valence-corrected chi connectivity index (χ4v) is 2.15. The number of benzene rings is 1. The van der Waals surface area contributed by atoms with Gasteiger partial charge in [0.15, 0.2) is 6.29 Å². The summed E-state index contributed by atoms with van der Waals surface area (Å²) in [5, 5.41) is 7.58. The Balaban J connectivity index is 2.13. The number of fused-ring (bicyclic) bond motifs is 1. The standard InChI is InChI=1S/C10H6N4OS/c15-5-7-4-14(13-12-7)8-1-2-9-10(3-8)16-6-11-9/h1-6H. The molecule has 0 aliphatic carbocycles. The molecule has 0 aliphatic rings. The molecular weight excluding hydrogens is 224 g/mol. The molecule has 16 heavy (non-hydrogen) atoms. The highest BCUT2D eigenvalue weighted by Crippen LogP contribution is 2.20. The van der Waals surface area contributed by atoms with Crippen LogP contribution in [0.4, 0.5) is 0 Å².